The summed E-state index contributed by atoms with van der Waals surface area (Å²) < 4.78 is 10.7. The maximum Gasteiger partial charge on any atom is 0.322 e. The van der Waals surface area contributed by atoms with Gasteiger partial charge in [-0.25, -0.2) is 14.8 Å². The molecule has 3 aromatic heterocycles. The highest BCUT2D eigenvalue weighted by Crippen LogP contribution is 2.27. The molecule has 11 heteroatoms. The van der Waals surface area contributed by atoms with E-state index in [9.17, 15) is 14.4 Å². The largest absolute Gasteiger partial charge is 0.497 e. The number of hydrogen-bond donors (Lipinski definition) is 2. The van der Waals surface area contributed by atoms with Crippen molar-refractivity contribution in [3.63, 3.8) is 0 Å². The first-order chi connectivity index (χ1) is 18.0. The molecule has 6 rings (SSSR count). The SMILES string of the molecule is C.COc1ccc2c(c1)C(=O)N(OC)CC2.O=C1NC(=O)C(c2cc3nc(-c4ccncc4)ccc3o2)N1. The van der Waals surface area contributed by atoms with E-state index in [0.29, 0.717) is 34.7 Å². The minimum Gasteiger partial charge on any atom is -0.497 e. The summed E-state index contributed by atoms with van der Waals surface area (Å²) >= 11 is 0. The lowest BCUT2D eigenvalue weighted by Gasteiger charge is -2.26. The molecule has 2 N–H and O–H groups in total. The highest BCUT2D eigenvalue weighted by molar-refractivity contribution is 6.04. The van der Waals surface area contributed by atoms with Crippen molar-refractivity contribution in [2.75, 3.05) is 20.8 Å². The van der Waals surface area contributed by atoms with Gasteiger partial charge in [0.25, 0.3) is 11.8 Å². The number of carbonyl (C=O) groups is 3. The zero-order valence-corrected chi connectivity index (χ0v) is 20.1. The number of fused-ring (bicyclic) bond motifs is 2. The zero-order chi connectivity index (χ0) is 25.9. The van der Waals surface area contributed by atoms with Gasteiger partial charge in [-0.3, -0.25) is 24.7 Å². The molecule has 2 aliphatic rings. The van der Waals surface area contributed by atoms with Gasteiger partial charge in [0.1, 0.15) is 17.0 Å². The Hall–Kier alpha value is -4.77. The molecule has 0 aliphatic carbocycles. The number of pyridine rings is 2. The van der Waals surface area contributed by atoms with Gasteiger partial charge < -0.3 is 14.5 Å². The van der Waals surface area contributed by atoms with Gasteiger partial charge in [0, 0.05) is 29.6 Å². The van der Waals surface area contributed by atoms with Crippen molar-refractivity contribution >= 4 is 28.9 Å². The van der Waals surface area contributed by atoms with Gasteiger partial charge >= 0.3 is 6.03 Å². The quantitative estimate of drug-likeness (QED) is 0.392. The molecule has 2 aliphatic heterocycles. The number of hydrogen-bond acceptors (Lipinski definition) is 8. The summed E-state index contributed by atoms with van der Waals surface area (Å²) in [4.78, 5) is 48.2. The van der Waals surface area contributed by atoms with Gasteiger partial charge in [-0.1, -0.05) is 13.5 Å². The summed E-state index contributed by atoms with van der Waals surface area (Å²) in [5.41, 5.74) is 4.62. The van der Waals surface area contributed by atoms with E-state index >= 15 is 0 Å². The predicted octanol–water partition coefficient (Wildman–Crippen LogP) is 3.66. The van der Waals surface area contributed by atoms with Gasteiger partial charge in [-0.15, -0.1) is 0 Å². The minimum atomic E-state index is -0.814. The van der Waals surface area contributed by atoms with Gasteiger partial charge in [0.05, 0.1) is 26.5 Å². The van der Waals surface area contributed by atoms with E-state index in [1.807, 2.05) is 30.3 Å². The van der Waals surface area contributed by atoms with E-state index < -0.39 is 18.0 Å². The fourth-order valence-corrected chi connectivity index (χ4v) is 4.12. The third kappa shape index (κ3) is 5.18. The first-order valence-electron chi connectivity index (χ1n) is 11.4. The van der Waals surface area contributed by atoms with Crippen LogP contribution >= 0.6 is 0 Å². The van der Waals surface area contributed by atoms with Crippen LogP contribution < -0.4 is 15.4 Å². The molecule has 0 saturated carbocycles. The van der Waals surface area contributed by atoms with Crippen LogP contribution in [0.15, 0.2) is 65.3 Å². The molecule has 4 aromatic rings. The van der Waals surface area contributed by atoms with E-state index in [1.165, 1.54) is 12.2 Å². The number of rotatable bonds is 4. The number of nitrogens with zero attached hydrogens (tertiary/aromatic N) is 3. The van der Waals surface area contributed by atoms with Crippen molar-refractivity contribution < 1.29 is 28.4 Å². The number of aromatic nitrogens is 2. The summed E-state index contributed by atoms with van der Waals surface area (Å²) in [5, 5.41) is 6.03. The van der Waals surface area contributed by atoms with E-state index in [4.69, 9.17) is 14.0 Å². The molecule has 4 amide bonds. The highest BCUT2D eigenvalue weighted by Gasteiger charge is 2.33. The average molecular weight is 518 g/mol. The number of ether oxygens (including phenoxy) is 1. The molecular weight excluding hydrogens is 490 g/mol. The van der Waals surface area contributed by atoms with Crippen LogP contribution in [-0.2, 0) is 16.1 Å². The number of amides is 4. The zero-order valence-electron chi connectivity index (χ0n) is 20.1. The Morgan fingerprint density at radius 1 is 1.03 bits per heavy atom. The second kappa shape index (κ2) is 11.1. The topological polar surface area (TPSA) is 136 Å². The monoisotopic (exact) mass is 517 g/mol. The lowest BCUT2D eigenvalue weighted by atomic mass is 10.00. The number of imide groups is 1. The number of methoxy groups -OCH3 is 1. The Kier molecular flexibility index (Phi) is 7.68. The maximum absolute atomic E-state index is 11.9. The summed E-state index contributed by atoms with van der Waals surface area (Å²) in [6, 6.07) is 13.2. The Bertz CT molecular complexity index is 1490. The third-order valence-corrected chi connectivity index (χ3v) is 6.01. The Balaban J connectivity index is 0.000000185. The second-order valence-corrected chi connectivity index (χ2v) is 8.22. The van der Waals surface area contributed by atoms with Crippen LogP contribution in [0.1, 0.15) is 35.2 Å². The van der Waals surface area contributed by atoms with Crippen molar-refractivity contribution in [2.24, 2.45) is 0 Å². The van der Waals surface area contributed by atoms with Crippen molar-refractivity contribution in [1.29, 1.82) is 0 Å². The van der Waals surface area contributed by atoms with Gasteiger partial charge in [0.2, 0.25) is 0 Å². The lowest BCUT2D eigenvalue weighted by Crippen LogP contribution is -2.36. The van der Waals surface area contributed by atoms with Crippen LogP contribution in [0.3, 0.4) is 0 Å². The van der Waals surface area contributed by atoms with E-state index in [2.05, 4.69) is 20.6 Å². The van der Waals surface area contributed by atoms with Gasteiger partial charge in [-0.2, -0.15) is 0 Å². The van der Waals surface area contributed by atoms with E-state index in [-0.39, 0.29) is 13.3 Å². The number of benzene rings is 1. The Morgan fingerprint density at radius 2 is 1.82 bits per heavy atom. The normalized spacial score (nSPS) is 16.1. The summed E-state index contributed by atoms with van der Waals surface area (Å²) in [7, 11) is 3.09. The average Bonchev–Trinajstić information content (AvgIpc) is 3.51. The van der Waals surface area contributed by atoms with Crippen molar-refractivity contribution in [2.45, 2.75) is 19.9 Å². The standard InChI is InChI=1S/C15H10N4O3.C11H13NO3.CH4/c20-14-13(18-15(21)19-14)12-7-10-11(22-12)2-1-9(17-10)8-3-5-16-6-4-8;1-14-9-4-3-8-5-6-12(15-2)11(13)10(8)7-9;/h1-7,13H,(H2,18,19,20,21);3-4,7H,5-6H2,1-2H3;1H4. The highest BCUT2D eigenvalue weighted by atomic mass is 16.7. The van der Waals surface area contributed by atoms with Crippen molar-refractivity contribution in [3.8, 4) is 17.0 Å². The minimum absolute atomic E-state index is 0. The van der Waals surface area contributed by atoms with Crippen LogP contribution in [-0.4, -0.2) is 53.6 Å². The number of hydroxylamine groups is 2. The molecule has 196 valence electrons. The van der Waals surface area contributed by atoms with Gasteiger partial charge in [0.15, 0.2) is 11.6 Å². The first kappa shape index (κ1) is 26.3. The predicted molar refractivity (Wildman–Crippen MR) is 138 cm³/mol. The van der Waals surface area contributed by atoms with Crippen LogP contribution in [0.2, 0.25) is 0 Å². The number of furan rings is 1. The number of nitrogens with one attached hydrogen (secondary N) is 2. The third-order valence-electron chi connectivity index (χ3n) is 6.01. The van der Waals surface area contributed by atoms with E-state index in [0.717, 1.165) is 23.2 Å². The maximum atomic E-state index is 11.9. The Labute approximate surface area is 218 Å². The van der Waals surface area contributed by atoms with Crippen LogP contribution in [0.5, 0.6) is 5.75 Å². The van der Waals surface area contributed by atoms with E-state index in [1.54, 1.807) is 37.7 Å². The van der Waals surface area contributed by atoms with Crippen molar-refractivity contribution in [3.05, 3.63) is 77.8 Å². The van der Waals surface area contributed by atoms with Crippen LogP contribution in [0.25, 0.3) is 22.4 Å². The molecule has 5 heterocycles. The molecule has 1 fully saturated rings. The molecule has 0 radical (unpaired) electrons. The molecule has 1 aromatic carbocycles. The first-order valence-corrected chi connectivity index (χ1v) is 11.4. The van der Waals surface area contributed by atoms with Crippen LogP contribution in [0.4, 0.5) is 4.79 Å². The molecule has 0 spiro atoms. The Morgan fingerprint density at radius 3 is 2.50 bits per heavy atom. The summed E-state index contributed by atoms with van der Waals surface area (Å²) in [6.45, 7) is 0.606. The fourth-order valence-electron chi connectivity index (χ4n) is 4.12. The molecule has 1 unspecified atom stereocenters. The molecule has 1 atom stereocenters. The molecule has 11 nitrogen and oxygen atoms in total. The lowest BCUT2D eigenvalue weighted by molar-refractivity contribution is -0.120. The smallest absolute Gasteiger partial charge is 0.322 e. The fraction of sp³-hybridized carbons (Fsp3) is 0.222. The van der Waals surface area contributed by atoms with Crippen LogP contribution in [0, 0.1) is 0 Å². The molecule has 1 saturated heterocycles. The molecule has 0 bridgehead atoms. The van der Waals surface area contributed by atoms with Crippen molar-refractivity contribution in [1.82, 2.24) is 25.7 Å². The summed E-state index contributed by atoms with van der Waals surface area (Å²) in [5.74, 6) is 0.522. The second-order valence-electron chi connectivity index (χ2n) is 8.22. The summed E-state index contributed by atoms with van der Waals surface area (Å²) in [6.07, 6.45) is 4.21. The number of urea groups is 1. The molecular formula is C27H27N5O6. The van der Waals surface area contributed by atoms with Gasteiger partial charge in [-0.05, 0) is 48.4 Å². The molecule has 38 heavy (non-hydrogen) atoms. The number of carbonyl (C=O) groups excluding carboxylic acids is 3.